The zero-order valence-corrected chi connectivity index (χ0v) is 8.64. The third-order valence-corrected chi connectivity index (χ3v) is 1.93. The molecular weight excluding hydrogens is 194 g/mol. The highest BCUT2D eigenvalue weighted by molar-refractivity contribution is 7.80. The standard InChI is InChI=1S/C7H17NO4S/c1-2-3-4-5-6-8-7-12-13(9,10)11/h8H,2-7H2,1H3,(H,9,10,11). The van der Waals surface area contributed by atoms with Crippen LogP contribution in [0, 0.1) is 0 Å². The molecule has 0 amide bonds. The molecule has 0 rings (SSSR count). The average molecular weight is 211 g/mol. The lowest BCUT2D eigenvalue weighted by Gasteiger charge is -2.02. The van der Waals surface area contributed by atoms with Crippen molar-refractivity contribution in [1.82, 2.24) is 5.32 Å². The first-order chi connectivity index (χ1) is 6.06. The Morgan fingerprint density at radius 3 is 2.54 bits per heavy atom. The molecule has 5 nitrogen and oxygen atoms in total. The Kier molecular flexibility index (Phi) is 7.16. The molecule has 0 aromatic rings. The largest absolute Gasteiger partial charge is 0.398 e. The van der Waals surface area contributed by atoms with Crippen molar-refractivity contribution in [3.63, 3.8) is 0 Å². The summed E-state index contributed by atoms with van der Waals surface area (Å²) in [6.45, 7) is 2.66. The molecule has 0 heterocycles. The molecule has 0 aromatic heterocycles. The van der Waals surface area contributed by atoms with Gasteiger partial charge in [-0.1, -0.05) is 26.2 Å². The van der Waals surface area contributed by atoms with Crippen molar-refractivity contribution >= 4 is 10.4 Å². The van der Waals surface area contributed by atoms with E-state index in [4.69, 9.17) is 4.55 Å². The van der Waals surface area contributed by atoms with Gasteiger partial charge in [-0.15, -0.1) is 0 Å². The lowest BCUT2D eigenvalue weighted by atomic mass is 10.2. The predicted molar refractivity (Wildman–Crippen MR) is 49.6 cm³/mol. The lowest BCUT2D eigenvalue weighted by molar-refractivity contribution is 0.246. The summed E-state index contributed by atoms with van der Waals surface area (Å²) in [5.74, 6) is 0. The van der Waals surface area contributed by atoms with Crippen molar-refractivity contribution in [2.24, 2.45) is 0 Å². The number of hydrogen-bond acceptors (Lipinski definition) is 4. The molecule has 0 aliphatic carbocycles. The van der Waals surface area contributed by atoms with Gasteiger partial charge in [-0.05, 0) is 13.0 Å². The van der Waals surface area contributed by atoms with Crippen molar-refractivity contribution in [3.8, 4) is 0 Å². The van der Waals surface area contributed by atoms with Gasteiger partial charge < -0.3 is 0 Å². The maximum atomic E-state index is 10.1. The van der Waals surface area contributed by atoms with Crippen molar-refractivity contribution in [1.29, 1.82) is 0 Å². The molecule has 0 spiro atoms. The van der Waals surface area contributed by atoms with Crippen molar-refractivity contribution in [2.75, 3.05) is 13.3 Å². The lowest BCUT2D eigenvalue weighted by Crippen LogP contribution is -2.21. The Bertz CT molecular complexity index is 203. The molecule has 0 aromatic carbocycles. The minimum atomic E-state index is -4.28. The zero-order chi connectivity index (χ0) is 10.2. The molecule has 0 fully saturated rings. The molecule has 13 heavy (non-hydrogen) atoms. The maximum absolute atomic E-state index is 10.1. The van der Waals surface area contributed by atoms with Gasteiger partial charge in [0.05, 0.1) is 0 Å². The van der Waals surface area contributed by atoms with E-state index in [-0.39, 0.29) is 6.73 Å². The van der Waals surface area contributed by atoms with Crippen molar-refractivity contribution in [2.45, 2.75) is 32.6 Å². The fourth-order valence-electron chi connectivity index (χ4n) is 0.865. The number of nitrogens with one attached hydrogen (secondary N) is 1. The summed E-state index contributed by atoms with van der Waals surface area (Å²) in [4.78, 5) is 0. The molecule has 0 aliphatic rings. The highest BCUT2D eigenvalue weighted by Crippen LogP contribution is 1.96. The summed E-state index contributed by atoms with van der Waals surface area (Å²) in [5, 5.41) is 2.74. The van der Waals surface area contributed by atoms with E-state index in [0.29, 0.717) is 6.54 Å². The fraction of sp³-hybridized carbons (Fsp3) is 1.00. The van der Waals surface area contributed by atoms with E-state index in [0.717, 1.165) is 12.8 Å². The third-order valence-electron chi connectivity index (χ3n) is 1.52. The Hall–Kier alpha value is -0.170. The molecule has 6 heteroatoms. The van der Waals surface area contributed by atoms with E-state index in [2.05, 4.69) is 16.4 Å². The second kappa shape index (κ2) is 7.25. The Morgan fingerprint density at radius 2 is 2.00 bits per heavy atom. The molecule has 0 saturated carbocycles. The average Bonchev–Trinajstić information content (AvgIpc) is 2.01. The number of rotatable bonds is 8. The van der Waals surface area contributed by atoms with Gasteiger partial charge in [0.15, 0.2) is 0 Å². The minimum Gasteiger partial charge on any atom is -0.293 e. The van der Waals surface area contributed by atoms with Gasteiger partial charge in [0.2, 0.25) is 0 Å². The zero-order valence-electron chi connectivity index (χ0n) is 7.82. The SMILES string of the molecule is CCCCCCNCOS(=O)(=O)O. The van der Waals surface area contributed by atoms with E-state index in [1.165, 1.54) is 12.8 Å². The van der Waals surface area contributed by atoms with Gasteiger partial charge in [-0.25, -0.2) is 4.18 Å². The van der Waals surface area contributed by atoms with Gasteiger partial charge in [0, 0.05) is 0 Å². The van der Waals surface area contributed by atoms with Gasteiger partial charge >= 0.3 is 10.4 Å². The van der Waals surface area contributed by atoms with Crippen LogP contribution in [0.25, 0.3) is 0 Å². The molecule has 0 atom stereocenters. The molecule has 0 unspecified atom stereocenters. The van der Waals surface area contributed by atoms with Gasteiger partial charge in [0.1, 0.15) is 6.73 Å². The third kappa shape index (κ3) is 11.8. The first kappa shape index (κ1) is 12.8. The van der Waals surface area contributed by atoms with Gasteiger partial charge in [0.25, 0.3) is 0 Å². The second-order valence-electron chi connectivity index (χ2n) is 2.75. The van der Waals surface area contributed by atoms with Crippen LogP contribution in [0.5, 0.6) is 0 Å². The molecular formula is C7H17NO4S. The monoisotopic (exact) mass is 211 g/mol. The van der Waals surface area contributed by atoms with Crippen LogP contribution in [0.1, 0.15) is 32.6 Å². The molecule has 0 saturated heterocycles. The second-order valence-corrected chi connectivity index (χ2v) is 3.84. The van der Waals surface area contributed by atoms with Crippen molar-refractivity contribution in [3.05, 3.63) is 0 Å². The minimum absolute atomic E-state index is 0.162. The maximum Gasteiger partial charge on any atom is 0.398 e. The molecule has 2 N–H and O–H groups in total. The van der Waals surface area contributed by atoms with E-state index < -0.39 is 10.4 Å². The molecule has 0 bridgehead atoms. The van der Waals surface area contributed by atoms with Gasteiger partial charge in [-0.3, -0.25) is 9.87 Å². The number of unbranched alkanes of at least 4 members (excludes halogenated alkanes) is 3. The fourth-order valence-corrected chi connectivity index (χ4v) is 1.10. The predicted octanol–water partition coefficient (Wildman–Crippen LogP) is 0.933. The highest BCUT2D eigenvalue weighted by atomic mass is 32.3. The first-order valence-electron chi connectivity index (χ1n) is 4.39. The Balaban J connectivity index is 3.09. The van der Waals surface area contributed by atoms with Crippen LogP contribution in [0.4, 0.5) is 0 Å². The highest BCUT2D eigenvalue weighted by Gasteiger charge is 2.01. The quantitative estimate of drug-likeness (QED) is 0.355. The van der Waals surface area contributed by atoms with Crippen LogP contribution < -0.4 is 5.32 Å². The first-order valence-corrected chi connectivity index (χ1v) is 5.75. The van der Waals surface area contributed by atoms with E-state index >= 15 is 0 Å². The van der Waals surface area contributed by atoms with Crippen LogP contribution in [0.3, 0.4) is 0 Å². The van der Waals surface area contributed by atoms with E-state index in [1.54, 1.807) is 0 Å². The van der Waals surface area contributed by atoms with E-state index in [9.17, 15) is 8.42 Å². The van der Waals surface area contributed by atoms with Crippen LogP contribution in [0.2, 0.25) is 0 Å². The summed E-state index contributed by atoms with van der Waals surface area (Å²) in [6, 6.07) is 0. The summed E-state index contributed by atoms with van der Waals surface area (Å²) in [5.41, 5.74) is 0. The van der Waals surface area contributed by atoms with Crippen LogP contribution in [0.15, 0.2) is 0 Å². The summed E-state index contributed by atoms with van der Waals surface area (Å²) < 4.78 is 32.3. The Morgan fingerprint density at radius 1 is 1.31 bits per heavy atom. The van der Waals surface area contributed by atoms with Crippen molar-refractivity contribution < 1.29 is 17.2 Å². The molecule has 0 radical (unpaired) electrons. The topological polar surface area (TPSA) is 75.6 Å². The van der Waals surface area contributed by atoms with E-state index in [1.807, 2.05) is 0 Å². The van der Waals surface area contributed by atoms with Crippen LogP contribution in [-0.2, 0) is 14.6 Å². The summed E-state index contributed by atoms with van der Waals surface area (Å²) in [6.07, 6.45) is 4.46. The smallest absolute Gasteiger partial charge is 0.293 e. The molecule has 80 valence electrons. The van der Waals surface area contributed by atoms with Crippen LogP contribution >= 0.6 is 0 Å². The number of hydrogen-bond donors (Lipinski definition) is 2. The molecule has 0 aliphatic heterocycles. The normalized spacial score (nSPS) is 11.8. The summed E-state index contributed by atoms with van der Waals surface area (Å²) >= 11 is 0. The van der Waals surface area contributed by atoms with Crippen LogP contribution in [-0.4, -0.2) is 26.2 Å². The summed E-state index contributed by atoms with van der Waals surface area (Å²) in [7, 11) is -4.28. The Labute approximate surface area is 79.4 Å². The van der Waals surface area contributed by atoms with Gasteiger partial charge in [-0.2, -0.15) is 8.42 Å².